The molecule has 1 fully saturated rings. The number of carbonyl (C=O) groups is 2. The van der Waals surface area contributed by atoms with Crippen LogP contribution < -0.4 is 5.32 Å². The Kier molecular flexibility index (Phi) is 6.57. The van der Waals surface area contributed by atoms with E-state index in [4.69, 9.17) is 0 Å². The third kappa shape index (κ3) is 4.94. The lowest BCUT2D eigenvalue weighted by Crippen LogP contribution is -2.41. The molecule has 7 nitrogen and oxygen atoms in total. The van der Waals surface area contributed by atoms with Crippen LogP contribution in [-0.2, 0) is 17.8 Å². The number of likely N-dealkylation sites (tertiary alicyclic amines) is 1. The van der Waals surface area contributed by atoms with Crippen molar-refractivity contribution >= 4 is 17.5 Å². The molecule has 2 aliphatic rings. The molecule has 9 heteroatoms. The summed E-state index contributed by atoms with van der Waals surface area (Å²) in [7, 11) is 0. The van der Waals surface area contributed by atoms with Gasteiger partial charge in [0.1, 0.15) is 17.5 Å². The number of aromatic nitrogens is 3. The van der Waals surface area contributed by atoms with E-state index < -0.39 is 17.5 Å². The predicted molar refractivity (Wildman–Crippen MR) is 127 cm³/mol. The number of nitrogens with one attached hydrogen (secondary N) is 1. The van der Waals surface area contributed by atoms with Gasteiger partial charge in [0, 0.05) is 49.3 Å². The van der Waals surface area contributed by atoms with Crippen LogP contribution in [-0.4, -0.2) is 44.6 Å². The summed E-state index contributed by atoms with van der Waals surface area (Å²) >= 11 is 0. The van der Waals surface area contributed by atoms with E-state index >= 15 is 0 Å². The summed E-state index contributed by atoms with van der Waals surface area (Å²) in [4.78, 5) is 27.1. The Labute approximate surface area is 202 Å². The second kappa shape index (κ2) is 9.93. The molecule has 2 aromatic carbocycles. The first-order valence-corrected chi connectivity index (χ1v) is 12.1. The normalized spacial score (nSPS) is 16.5. The molecule has 35 heavy (non-hydrogen) atoms. The van der Waals surface area contributed by atoms with E-state index in [2.05, 4.69) is 20.1 Å². The fourth-order valence-corrected chi connectivity index (χ4v) is 4.86. The fraction of sp³-hybridized carbons (Fsp3) is 0.385. The summed E-state index contributed by atoms with van der Waals surface area (Å²) in [5.74, 6) is -0.627. The number of aryl methyl sites for hydroxylation is 1. The van der Waals surface area contributed by atoms with Crippen LogP contribution in [0.4, 0.5) is 14.5 Å². The fourth-order valence-electron chi connectivity index (χ4n) is 4.86. The maximum absolute atomic E-state index is 14.0. The number of halogens is 2. The Balaban J connectivity index is 1.21. The lowest BCUT2D eigenvalue weighted by atomic mass is 9.95. The third-order valence-corrected chi connectivity index (χ3v) is 6.81. The second-order valence-electron chi connectivity index (χ2n) is 9.16. The van der Waals surface area contributed by atoms with Crippen LogP contribution in [0.2, 0.25) is 0 Å². The van der Waals surface area contributed by atoms with Crippen LogP contribution in [0, 0.1) is 17.6 Å². The average Bonchev–Trinajstić information content (AvgIpc) is 3.12. The third-order valence-electron chi connectivity index (χ3n) is 6.81. The number of carbonyl (C=O) groups excluding carboxylic acids is 2. The maximum Gasteiger partial charge on any atom is 0.256 e. The van der Waals surface area contributed by atoms with Crippen LogP contribution in [0.15, 0.2) is 42.5 Å². The first kappa shape index (κ1) is 23.1. The smallest absolute Gasteiger partial charge is 0.256 e. The van der Waals surface area contributed by atoms with Crippen molar-refractivity contribution in [2.45, 2.75) is 45.1 Å². The summed E-state index contributed by atoms with van der Waals surface area (Å²) in [6.45, 7) is 1.56. The van der Waals surface area contributed by atoms with Crippen molar-refractivity contribution in [3.63, 3.8) is 0 Å². The molecule has 3 heterocycles. The average molecular weight is 480 g/mol. The highest BCUT2D eigenvalue weighted by Crippen LogP contribution is 2.26. The highest BCUT2D eigenvalue weighted by molar-refractivity contribution is 5.95. The molecule has 0 bridgehead atoms. The monoisotopic (exact) mass is 479 g/mol. The van der Waals surface area contributed by atoms with Gasteiger partial charge in [0.2, 0.25) is 5.91 Å². The van der Waals surface area contributed by atoms with E-state index in [1.54, 1.807) is 0 Å². The molecule has 1 N–H and O–H groups in total. The number of benzene rings is 2. The summed E-state index contributed by atoms with van der Waals surface area (Å²) in [5, 5.41) is 11.8. The SMILES string of the molecule is O=C(Nc1cccc(-c2nnc3n2CCCCC3)c1)C1CCN(C(=O)c2ccc(F)cc2F)CC1. The van der Waals surface area contributed by atoms with Gasteiger partial charge in [0.05, 0.1) is 5.56 Å². The van der Waals surface area contributed by atoms with Gasteiger partial charge in [0.25, 0.3) is 5.91 Å². The van der Waals surface area contributed by atoms with Gasteiger partial charge in [-0.15, -0.1) is 10.2 Å². The van der Waals surface area contributed by atoms with E-state index in [-0.39, 0.29) is 17.4 Å². The van der Waals surface area contributed by atoms with Crippen LogP contribution in [0.1, 0.15) is 48.3 Å². The van der Waals surface area contributed by atoms with Crippen molar-refractivity contribution in [2.75, 3.05) is 18.4 Å². The molecule has 3 aromatic rings. The molecule has 2 amide bonds. The van der Waals surface area contributed by atoms with E-state index in [0.717, 1.165) is 55.2 Å². The van der Waals surface area contributed by atoms with E-state index in [1.807, 2.05) is 24.3 Å². The van der Waals surface area contributed by atoms with Crippen LogP contribution in [0.3, 0.4) is 0 Å². The van der Waals surface area contributed by atoms with Crippen LogP contribution in [0.5, 0.6) is 0 Å². The van der Waals surface area contributed by atoms with Gasteiger partial charge in [-0.1, -0.05) is 18.6 Å². The largest absolute Gasteiger partial charge is 0.339 e. The molecule has 1 aromatic heterocycles. The number of fused-ring (bicyclic) bond motifs is 1. The highest BCUT2D eigenvalue weighted by Gasteiger charge is 2.29. The molecule has 5 rings (SSSR count). The molecule has 0 radical (unpaired) electrons. The van der Waals surface area contributed by atoms with Crippen molar-refractivity contribution in [1.82, 2.24) is 19.7 Å². The number of nitrogens with zero attached hydrogens (tertiary/aromatic N) is 4. The summed E-state index contributed by atoms with van der Waals surface area (Å²) < 4.78 is 29.3. The lowest BCUT2D eigenvalue weighted by Gasteiger charge is -2.31. The van der Waals surface area contributed by atoms with Gasteiger partial charge < -0.3 is 14.8 Å². The summed E-state index contributed by atoms with van der Waals surface area (Å²) in [6, 6.07) is 10.6. The molecule has 0 spiro atoms. The standard InChI is InChI=1S/C26H27F2N5O2/c27-19-8-9-21(22(28)16-19)26(35)32-13-10-17(11-14-32)25(34)29-20-6-4-5-18(15-20)24-31-30-23-7-2-1-3-12-33(23)24/h4-6,8-9,15-17H,1-3,7,10-14H2,(H,29,34). The first-order chi connectivity index (χ1) is 17.0. The Hall–Kier alpha value is -3.62. The predicted octanol–water partition coefficient (Wildman–Crippen LogP) is 4.44. The van der Waals surface area contributed by atoms with Crippen molar-refractivity contribution in [2.24, 2.45) is 5.92 Å². The minimum atomic E-state index is -0.876. The molecule has 0 unspecified atom stereocenters. The van der Waals surface area contributed by atoms with Gasteiger partial charge in [-0.05, 0) is 49.9 Å². The Morgan fingerprint density at radius 3 is 2.57 bits per heavy atom. The summed E-state index contributed by atoms with van der Waals surface area (Å²) in [5.41, 5.74) is 1.44. The van der Waals surface area contributed by atoms with Gasteiger partial charge in [-0.3, -0.25) is 9.59 Å². The van der Waals surface area contributed by atoms with E-state index in [1.165, 1.54) is 11.3 Å². The molecule has 0 aliphatic carbocycles. The maximum atomic E-state index is 14.0. The van der Waals surface area contributed by atoms with Gasteiger partial charge in [0.15, 0.2) is 5.82 Å². The Bertz CT molecular complexity index is 1250. The minimum absolute atomic E-state index is 0.109. The molecule has 2 aliphatic heterocycles. The van der Waals surface area contributed by atoms with E-state index in [0.29, 0.717) is 37.7 Å². The van der Waals surface area contributed by atoms with Gasteiger partial charge in [-0.25, -0.2) is 8.78 Å². The number of anilines is 1. The van der Waals surface area contributed by atoms with Crippen molar-refractivity contribution in [3.8, 4) is 11.4 Å². The Morgan fingerprint density at radius 1 is 0.943 bits per heavy atom. The number of rotatable bonds is 4. The number of hydrogen-bond donors (Lipinski definition) is 1. The summed E-state index contributed by atoms with van der Waals surface area (Å²) in [6.07, 6.45) is 5.27. The van der Waals surface area contributed by atoms with Gasteiger partial charge in [-0.2, -0.15) is 0 Å². The topological polar surface area (TPSA) is 80.1 Å². The van der Waals surface area contributed by atoms with Crippen molar-refractivity contribution in [1.29, 1.82) is 0 Å². The Morgan fingerprint density at radius 2 is 1.77 bits per heavy atom. The molecular formula is C26H27F2N5O2. The minimum Gasteiger partial charge on any atom is -0.339 e. The molecule has 1 saturated heterocycles. The van der Waals surface area contributed by atoms with Crippen molar-refractivity contribution < 1.29 is 18.4 Å². The molecule has 0 atom stereocenters. The van der Waals surface area contributed by atoms with E-state index in [9.17, 15) is 18.4 Å². The first-order valence-electron chi connectivity index (χ1n) is 12.1. The van der Waals surface area contributed by atoms with Crippen LogP contribution >= 0.6 is 0 Å². The lowest BCUT2D eigenvalue weighted by molar-refractivity contribution is -0.121. The number of amides is 2. The zero-order valence-corrected chi connectivity index (χ0v) is 19.3. The second-order valence-corrected chi connectivity index (χ2v) is 9.16. The van der Waals surface area contributed by atoms with Gasteiger partial charge >= 0.3 is 0 Å². The zero-order chi connectivity index (χ0) is 24.4. The van der Waals surface area contributed by atoms with Crippen LogP contribution in [0.25, 0.3) is 11.4 Å². The number of hydrogen-bond acceptors (Lipinski definition) is 4. The quantitative estimate of drug-likeness (QED) is 0.600. The van der Waals surface area contributed by atoms with Crippen molar-refractivity contribution in [3.05, 3.63) is 65.5 Å². The highest BCUT2D eigenvalue weighted by atomic mass is 19.1. The molecule has 182 valence electrons. The molecule has 0 saturated carbocycles. The zero-order valence-electron chi connectivity index (χ0n) is 19.3. The molecular weight excluding hydrogens is 452 g/mol. The number of piperidine rings is 1.